The highest BCUT2D eigenvalue weighted by atomic mass is 79.9. The number of amides is 2. The van der Waals surface area contributed by atoms with Crippen molar-refractivity contribution in [3.05, 3.63) is 50.6 Å². The van der Waals surface area contributed by atoms with Gasteiger partial charge in [-0.2, -0.15) is 0 Å². The fraction of sp³-hybridized carbons (Fsp3) is 0.250. The number of hydrogen-bond donors (Lipinski definition) is 1. The number of thiophene rings is 1. The molecule has 0 saturated carbocycles. The Morgan fingerprint density at radius 2 is 2.17 bits per heavy atom. The summed E-state index contributed by atoms with van der Waals surface area (Å²) in [4.78, 5) is 26.5. The van der Waals surface area contributed by atoms with Crippen molar-refractivity contribution >= 4 is 44.8 Å². The van der Waals surface area contributed by atoms with Gasteiger partial charge in [0.15, 0.2) is 0 Å². The zero-order valence-electron chi connectivity index (χ0n) is 12.4. The molecule has 0 spiro atoms. The number of rotatable bonds is 4. The van der Waals surface area contributed by atoms with Gasteiger partial charge in [-0.05, 0) is 34.1 Å². The smallest absolute Gasteiger partial charge is 0.227 e. The van der Waals surface area contributed by atoms with Crippen molar-refractivity contribution in [2.75, 3.05) is 11.4 Å². The lowest BCUT2D eigenvalue weighted by Crippen LogP contribution is -2.32. The van der Waals surface area contributed by atoms with Gasteiger partial charge < -0.3 is 10.2 Å². The molecular weight excluding hydrogens is 402 g/mol. The minimum absolute atomic E-state index is 0.00103. The van der Waals surface area contributed by atoms with Crippen LogP contribution in [0.2, 0.25) is 0 Å². The van der Waals surface area contributed by atoms with Gasteiger partial charge in [-0.1, -0.05) is 0 Å². The molecule has 1 saturated heterocycles. The molecule has 1 N–H and O–H groups in total. The molecule has 8 heteroatoms. The van der Waals surface area contributed by atoms with Gasteiger partial charge in [0.05, 0.1) is 18.2 Å². The number of anilines is 1. The molecule has 126 valence electrons. The van der Waals surface area contributed by atoms with Crippen LogP contribution in [0.3, 0.4) is 0 Å². The highest BCUT2D eigenvalue weighted by Crippen LogP contribution is 2.28. The maximum Gasteiger partial charge on any atom is 0.227 e. The maximum absolute atomic E-state index is 13.8. The van der Waals surface area contributed by atoms with E-state index < -0.39 is 17.6 Å². The first kappa shape index (κ1) is 17.0. The third-order valence-corrected chi connectivity index (χ3v) is 5.45. The van der Waals surface area contributed by atoms with Gasteiger partial charge in [0.2, 0.25) is 11.8 Å². The molecule has 0 aliphatic carbocycles. The van der Waals surface area contributed by atoms with Crippen LogP contribution >= 0.6 is 27.3 Å². The van der Waals surface area contributed by atoms with E-state index in [1.54, 1.807) is 0 Å². The molecule has 1 fully saturated rings. The van der Waals surface area contributed by atoms with Crippen LogP contribution in [-0.4, -0.2) is 18.4 Å². The molecule has 1 aromatic heterocycles. The highest BCUT2D eigenvalue weighted by molar-refractivity contribution is 9.10. The molecule has 0 radical (unpaired) electrons. The zero-order valence-corrected chi connectivity index (χ0v) is 14.8. The SMILES string of the molecule is O=C(NCc1cc(Br)cs1)C1CC(=O)N(c2ccc(F)cc2F)C1. The molecule has 3 rings (SSSR count). The zero-order chi connectivity index (χ0) is 17.3. The number of halogens is 3. The van der Waals surface area contributed by atoms with Crippen molar-refractivity contribution < 1.29 is 18.4 Å². The molecule has 1 unspecified atom stereocenters. The number of carbonyl (C=O) groups excluding carboxylic acids is 2. The van der Waals surface area contributed by atoms with Gasteiger partial charge in [0, 0.05) is 33.8 Å². The second-order valence-electron chi connectivity index (χ2n) is 5.45. The second kappa shape index (κ2) is 6.98. The number of nitrogens with one attached hydrogen (secondary N) is 1. The molecule has 1 aromatic carbocycles. The van der Waals surface area contributed by atoms with Gasteiger partial charge in [-0.15, -0.1) is 11.3 Å². The molecule has 1 aliphatic heterocycles. The van der Waals surface area contributed by atoms with E-state index in [4.69, 9.17) is 0 Å². The lowest BCUT2D eigenvalue weighted by Gasteiger charge is -2.17. The van der Waals surface area contributed by atoms with Gasteiger partial charge in [0.25, 0.3) is 0 Å². The fourth-order valence-electron chi connectivity index (χ4n) is 2.58. The van der Waals surface area contributed by atoms with Crippen molar-refractivity contribution in [3.63, 3.8) is 0 Å². The summed E-state index contributed by atoms with van der Waals surface area (Å²) in [6.45, 7) is 0.464. The summed E-state index contributed by atoms with van der Waals surface area (Å²) < 4.78 is 27.8. The molecule has 2 aromatic rings. The van der Waals surface area contributed by atoms with Crippen LogP contribution in [0.1, 0.15) is 11.3 Å². The number of benzene rings is 1. The van der Waals surface area contributed by atoms with Crippen LogP contribution in [0.15, 0.2) is 34.1 Å². The normalized spacial score (nSPS) is 17.4. The monoisotopic (exact) mass is 414 g/mol. The maximum atomic E-state index is 13.8. The first-order valence-corrected chi connectivity index (χ1v) is 8.87. The third kappa shape index (κ3) is 3.64. The van der Waals surface area contributed by atoms with Crippen LogP contribution < -0.4 is 10.2 Å². The lowest BCUT2D eigenvalue weighted by atomic mass is 10.1. The van der Waals surface area contributed by atoms with E-state index in [1.165, 1.54) is 22.3 Å². The van der Waals surface area contributed by atoms with Gasteiger partial charge in [-0.3, -0.25) is 9.59 Å². The average molecular weight is 415 g/mol. The van der Waals surface area contributed by atoms with E-state index >= 15 is 0 Å². The van der Waals surface area contributed by atoms with Gasteiger partial charge in [-0.25, -0.2) is 8.78 Å². The minimum Gasteiger partial charge on any atom is -0.351 e. The lowest BCUT2D eigenvalue weighted by molar-refractivity contribution is -0.126. The Hall–Kier alpha value is -1.80. The largest absolute Gasteiger partial charge is 0.351 e. The Bertz CT molecular complexity index is 796. The molecular formula is C16H13BrF2N2O2S. The predicted octanol–water partition coefficient (Wildman–Crippen LogP) is 3.46. The van der Waals surface area contributed by atoms with Crippen LogP contribution in [0.5, 0.6) is 0 Å². The van der Waals surface area contributed by atoms with Crippen molar-refractivity contribution in [1.82, 2.24) is 5.32 Å². The van der Waals surface area contributed by atoms with Crippen molar-refractivity contribution in [2.24, 2.45) is 5.92 Å². The summed E-state index contributed by atoms with van der Waals surface area (Å²) in [6, 6.07) is 4.94. The first-order chi connectivity index (χ1) is 11.4. The van der Waals surface area contributed by atoms with E-state index in [0.717, 1.165) is 21.5 Å². The predicted molar refractivity (Wildman–Crippen MR) is 90.7 cm³/mol. The van der Waals surface area contributed by atoms with E-state index in [2.05, 4.69) is 21.2 Å². The molecule has 2 heterocycles. The number of carbonyl (C=O) groups is 2. The summed E-state index contributed by atoms with van der Waals surface area (Å²) in [5, 5.41) is 4.70. The highest BCUT2D eigenvalue weighted by Gasteiger charge is 2.36. The Morgan fingerprint density at radius 3 is 2.83 bits per heavy atom. The van der Waals surface area contributed by atoms with E-state index in [0.29, 0.717) is 6.54 Å². The topological polar surface area (TPSA) is 49.4 Å². The average Bonchev–Trinajstić information content (AvgIpc) is 3.11. The Labute approximate surface area is 149 Å². The molecule has 2 amide bonds. The fourth-order valence-corrected chi connectivity index (χ4v) is 3.97. The molecule has 1 atom stereocenters. The molecule has 0 bridgehead atoms. The quantitative estimate of drug-likeness (QED) is 0.832. The third-order valence-electron chi connectivity index (χ3n) is 3.75. The molecule has 1 aliphatic rings. The van der Waals surface area contributed by atoms with Crippen LogP contribution in [0, 0.1) is 17.6 Å². The van der Waals surface area contributed by atoms with Crippen molar-refractivity contribution in [2.45, 2.75) is 13.0 Å². The minimum atomic E-state index is -0.812. The Kier molecular flexibility index (Phi) is 4.96. The van der Waals surface area contributed by atoms with Crippen LogP contribution in [0.25, 0.3) is 0 Å². The summed E-state index contributed by atoms with van der Waals surface area (Å²) >= 11 is 4.85. The van der Waals surface area contributed by atoms with Crippen LogP contribution in [-0.2, 0) is 16.1 Å². The first-order valence-electron chi connectivity index (χ1n) is 7.20. The van der Waals surface area contributed by atoms with E-state index in [-0.39, 0.29) is 30.5 Å². The Morgan fingerprint density at radius 1 is 1.38 bits per heavy atom. The summed E-state index contributed by atoms with van der Waals surface area (Å²) in [5.41, 5.74) is -0.00103. The molecule has 4 nitrogen and oxygen atoms in total. The van der Waals surface area contributed by atoms with Crippen molar-refractivity contribution in [3.8, 4) is 0 Å². The van der Waals surface area contributed by atoms with E-state index in [1.807, 2.05) is 11.4 Å². The molecule has 24 heavy (non-hydrogen) atoms. The van der Waals surface area contributed by atoms with E-state index in [9.17, 15) is 18.4 Å². The summed E-state index contributed by atoms with van der Waals surface area (Å²) in [6.07, 6.45) is 0.0107. The summed E-state index contributed by atoms with van der Waals surface area (Å²) in [5.74, 6) is -2.67. The standard InChI is InChI=1S/C16H13BrF2N2O2S/c17-10-4-12(24-8-10)6-20-16(23)9-3-15(22)21(7-9)14-2-1-11(18)5-13(14)19/h1-2,4-5,8-9H,3,6-7H2,(H,20,23). The van der Waals surface area contributed by atoms with Crippen LogP contribution in [0.4, 0.5) is 14.5 Å². The Balaban J connectivity index is 1.64. The number of nitrogens with zero attached hydrogens (tertiary/aromatic N) is 1. The summed E-state index contributed by atoms with van der Waals surface area (Å²) in [7, 11) is 0. The van der Waals surface area contributed by atoms with Gasteiger partial charge >= 0.3 is 0 Å². The van der Waals surface area contributed by atoms with Gasteiger partial charge in [0.1, 0.15) is 11.6 Å². The number of hydrogen-bond acceptors (Lipinski definition) is 3. The second-order valence-corrected chi connectivity index (χ2v) is 7.36. The van der Waals surface area contributed by atoms with Crippen molar-refractivity contribution in [1.29, 1.82) is 0 Å².